The van der Waals surface area contributed by atoms with Gasteiger partial charge in [0.2, 0.25) is 0 Å². The van der Waals surface area contributed by atoms with Crippen LogP contribution in [-0.2, 0) is 10.1 Å². The molecule has 0 unspecified atom stereocenters. The molecule has 0 aliphatic heterocycles. The van der Waals surface area contributed by atoms with Gasteiger partial charge in [-0.1, -0.05) is 31.1 Å². The van der Waals surface area contributed by atoms with Crippen LogP contribution in [0.2, 0.25) is 19.0 Å². The second-order valence-corrected chi connectivity index (χ2v) is 4.92. The quantitative estimate of drug-likeness (QED) is 0.384. The predicted octanol–water partition coefficient (Wildman–Crippen LogP) is 2.13. The maximum absolute atomic E-state index is 10.4. The van der Waals surface area contributed by atoms with Crippen molar-refractivity contribution in [3.8, 4) is 0 Å². The third-order valence-corrected chi connectivity index (χ3v) is 2.82. The first kappa shape index (κ1) is 13.5. The van der Waals surface area contributed by atoms with Crippen LogP contribution in [0.3, 0.4) is 0 Å². The van der Waals surface area contributed by atoms with E-state index in [0.717, 1.165) is 19.0 Å². The molecule has 0 rings (SSSR count). The number of hydrogen-bond acceptors (Lipinski definition) is 2. The standard InChI is InChI=1S/C9H17BO3S/c1-3-6-10(7-4-2)8-5-9-14(11,12)13/h3-4H,1-2,5-9H2,(H,11,12,13). The van der Waals surface area contributed by atoms with Gasteiger partial charge in [0.25, 0.3) is 10.1 Å². The van der Waals surface area contributed by atoms with Gasteiger partial charge in [0, 0.05) is 0 Å². The van der Waals surface area contributed by atoms with Gasteiger partial charge in [-0.3, -0.25) is 4.55 Å². The Morgan fingerprint density at radius 2 is 1.71 bits per heavy atom. The van der Waals surface area contributed by atoms with E-state index in [1.54, 1.807) is 0 Å². The first-order valence-corrected chi connectivity index (χ1v) is 6.27. The summed E-state index contributed by atoms with van der Waals surface area (Å²) >= 11 is 0. The molecule has 0 aromatic heterocycles. The van der Waals surface area contributed by atoms with Crippen LogP contribution < -0.4 is 0 Å². The van der Waals surface area contributed by atoms with Gasteiger partial charge in [-0.2, -0.15) is 8.42 Å². The van der Waals surface area contributed by atoms with Crippen LogP contribution in [-0.4, -0.2) is 25.4 Å². The van der Waals surface area contributed by atoms with Crippen LogP contribution in [0.1, 0.15) is 6.42 Å². The van der Waals surface area contributed by atoms with Crippen molar-refractivity contribution >= 4 is 16.8 Å². The van der Waals surface area contributed by atoms with Crippen LogP contribution in [0, 0.1) is 0 Å². The summed E-state index contributed by atoms with van der Waals surface area (Å²) in [7, 11) is -3.80. The minimum Gasteiger partial charge on any atom is -0.286 e. The molecule has 0 bridgehead atoms. The first-order valence-electron chi connectivity index (χ1n) is 4.66. The van der Waals surface area contributed by atoms with Gasteiger partial charge in [0.1, 0.15) is 6.71 Å². The molecule has 0 amide bonds. The summed E-state index contributed by atoms with van der Waals surface area (Å²) in [6.07, 6.45) is 6.63. The van der Waals surface area contributed by atoms with Gasteiger partial charge in [0.15, 0.2) is 0 Å². The third-order valence-electron chi connectivity index (χ3n) is 2.01. The van der Waals surface area contributed by atoms with Crippen molar-refractivity contribution in [3.05, 3.63) is 25.3 Å². The SMILES string of the molecule is C=CCB(CC=C)CCCS(=O)(=O)O. The van der Waals surface area contributed by atoms with E-state index in [1.807, 2.05) is 12.2 Å². The molecule has 5 heteroatoms. The summed E-state index contributed by atoms with van der Waals surface area (Å²) in [5, 5.41) is 0. The van der Waals surface area contributed by atoms with Crippen molar-refractivity contribution in [2.75, 3.05) is 5.75 Å². The Labute approximate surface area is 86.7 Å². The van der Waals surface area contributed by atoms with E-state index in [4.69, 9.17) is 4.55 Å². The minimum atomic E-state index is -3.80. The van der Waals surface area contributed by atoms with Crippen molar-refractivity contribution in [2.24, 2.45) is 0 Å². The minimum absolute atomic E-state index is 0.155. The highest BCUT2D eigenvalue weighted by molar-refractivity contribution is 7.85. The van der Waals surface area contributed by atoms with E-state index in [2.05, 4.69) is 13.2 Å². The molecule has 0 saturated heterocycles. The highest BCUT2D eigenvalue weighted by Gasteiger charge is 2.11. The lowest BCUT2D eigenvalue weighted by Crippen LogP contribution is -2.12. The molecule has 0 fully saturated rings. The fourth-order valence-corrected chi connectivity index (χ4v) is 1.89. The summed E-state index contributed by atoms with van der Waals surface area (Å²) < 4.78 is 29.4. The average Bonchev–Trinajstić information content (AvgIpc) is 2.02. The molecule has 0 aliphatic carbocycles. The molecular weight excluding hydrogens is 199 g/mol. The summed E-state index contributed by atoms with van der Waals surface area (Å²) in [4.78, 5) is 0. The Bertz CT molecular complexity index is 262. The summed E-state index contributed by atoms with van der Waals surface area (Å²) in [5.41, 5.74) is 0. The predicted molar refractivity (Wildman–Crippen MR) is 61.6 cm³/mol. The van der Waals surface area contributed by atoms with Crippen molar-refractivity contribution in [2.45, 2.75) is 25.4 Å². The zero-order chi connectivity index (χ0) is 11.0. The van der Waals surface area contributed by atoms with Crippen LogP contribution >= 0.6 is 0 Å². The van der Waals surface area contributed by atoms with E-state index in [-0.39, 0.29) is 5.75 Å². The largest absolute Gasteiger partial charge is 0.286 e. The molecule has 3 nitrogen and oxygen atoms in total. The second kappa shape index (κ2) is 6.84. The zero-order valence-electron chi connectivity index (χ0n) is 8.35. The zero-order valence-corrected chi connectivity index (χ0v) is 9.17. The van der Waals surface area contributed by atoms with Crippen molar-refractivity contribution in [3.63, 3.8) is 0 Å². The van der Waals surface area contributed by atoms with Gasteiger partial charge >= 0.3 is 0 Å². The Kier molecular flexibility index (Phi) is 6.58. The fraction of sp³-hybridized carbons (Fsp3) is 0.556. The molecule has 0 saturated carbocycles. The topological polar surface area (TPSA) is 54.4 Å². The van der Waals surface area contributed by atoms with E-state index < -0.39 is 10.1 Å². The van der Waals surface area contributed by atoms with Crippen LogP contribution in [0.25, 0.3) is 0 Å². The lowest BCUT2D eigenvalue weighted by molar-refractivity contribution is 0.482. The molecule has 0 spiro atoms. The highest BCUT2D eigenvalue weighted by Crippen LogP contribution is 2.10. The number of rotatable bonds is 8. The summed E-state index contributed by atoms with van der Waals surface area (Å²) in [6, 6.07) is 0. The summed E-state index contributed by atoms with van der Waals surface area (Å²) in [6.45, 7) is 7.67. The molecule has 14 heavy (non-hydrogen) atoms. The normalized spacial score (nSPS) is 10.9. The molecule has 0 atom stereocenters. The molecular formula is C9H17BO3S. The van der Waals surface area contributed by atoms with Gasteiger partial charge in [-0.15, -0.1) is 13.2 Å². The molecule has 0 radical (unpaired) electrons. The Hall–Kier alpha value is -0.545. The molecule has 80 valence electrons. The number of allylic oxidation sites excluding steroid dienone is 2. The monoisotopic (exact) mass is 216 g/mol. The van der Waals surface area contributed by atoms with E-state index in [9.17, 15) is 8.42 Å². The molecule has 1 N–H and O–H groups in total. The lowest BCUT2D eigenvalue weighted by Gasteiger charge is -2.07. The van der Waals surface area contributed by atoms with E-state index in [1.165, 1.54) is 0 Å². The van der Waals surface area contributed by atoms with E-state index in [0.29, 0.717) is 13.1 Å². The fourth-order valence-electron chi connectivity index (χ4n) is 1.36. The second-order valence-electron chi connectivity index (χ2n) is 3.34. The van der Waals surface area contributed by atoms with Gasteiger partial charge in [-0.25, -0.2) is 0 Å². The maximum atomic E-state index is 10.4. The molecule has 0 heterocycles. The van der Waals surface area contributed by atoms with Crippen molar-refractivity contribution < 1.29 is 13.0 Å². The first-order chi connectivity index (χ1) is 6.49. The van der Waals surface area contributed by atoms with Crippen LogP contribution in [0.15, 0.2) is 25.3 Å². The lowest BCUT2D eigenvalue weighted by atomic mass is 9.42. The van der Waals surface area contributed by atoms with E-state index >= 15 is 0 Å². The summed E-state index contributed by atoms with van der Waals surface area (Å²) in [5.74, 6) is -0.155. The average molecular weight is 216 g/mol. The molecule has 0 aromatic carbocycles. The van der Waals surface area contributed by atoms with Gasteiger partial charge in [-0.05, 0) is 6.42 Å². The Morgan fingerprint density at radius 3 is 2.07 bits per heavy atom. The molecule has 0 aromatic rings. The smallest absolute Gasteiger partial charge is 0.264 e. The Morgan fingerprint density at radius 1 is 1.21 bits per heavy atom. The van der Waals surface area contributed by atoms with Crippen LogP contribution in [0.5, 0.6) is 0 Å². The Balaban J connectivity index is 3.81. The van der Waals surface area contributed by atoms with Gasteiger partial charge < -0.3 is 0 Å². The van der Waals surface area contributed by atoms with Crippen molar-refractivity contribution in [1.29, 1.82) is 0 Å². The van der Waals surface area contributed by atoms with Crippen LogP contribution in [0.4, 0.5) is 0 Å². The van der Waals surface area contributed by atoms with Gasteiger partial charge in [0.05, 0.1) is 5.75 Å². The highest BCUT2D eigenvalue weighted by atomic mass is 32.2. The van der Waals surface area contributed by atoms with Crippen molar-refractivity contribution in [1.82, 2.24) is 0 Å². The maximum Gasteiger partial charge on any atom is 0.264 e. The third kappa shape index (κ3) is 8.07. The molecule has 0 aliphatic rings. The number of hydrogen-bond donors (Lipinski definition) is 1.